The molecule has 0 aromatic carbocycles. The van der Waals surface area contributed by atoms with Gasteiger partial charge in [-0.15, -0.1) is 0 Å². The maximum Gasteiger partial charge on any atom is 0.324 e. The van der Waals surface area contributed by atoms with E-state index in [2.05, 4.69) is 39.9 Å². The van der Waals surface area contributed by atoms with Crippen molar-refractivity contribution in [3.8, 4) is 0 Å². The Hall–Kier alpha value is -0.570. The number of nitrogens with one attached hydrogen (secondary N) is 1. The fourth-order valence-corrected chi connectivity index (χ4v) is 2.99. The van der Waals surface area contributed by atoms with E-state index in [1.807, 2.05) is 0 Å². The van der Waals surface area contributed by atoms with E-state index in [0.29, 0.717) is 5.92 Å². The van der Waals surface area contributed by atoms with Crippen molar-refractivity contribution >= 4 is 5.97 Å². The van der Waals surface area contributed by atoms with Gasteiger partial charge >= 0.3 is 5.97 Å². The third-order valence-electron chi connectivity index (χ3n) is 3.66. The quantitative estimate of drug-likeness (QED) is 0.776. The molecule has 1 saturated carbocycles. The summed E-state index contributed by atoms with van der Waals surface area (Å²) < 4.78 is 0. The molecule has 0 heterocycles. The highest BCUT2D eigenvalue weighted by molar-refractivity contribution is 5.80. The van der Waals surface area contributed by atoms with Gasteiger partial charge in [0.15, 0.2) is 0 Å². The van der Waals surface area contributed by atoms with E-state index in [0.717, 1.165) is 19.4 Å². The molecule has 3 heteroatoms. The van der Waals surface area contributed by atoms with Crippen LogP contribution in [-0.4, -0.2) is 23.2 Å². The van der Waals surface area contributed by atoms with Gasteiger partial charge in [-0.1, -0.05) is 34.6 Å². The van der Waals surface area contributed by atoms with E-state index in [1.54, 1.807) is 0 Å². The molecule has 1 aliphatic carbocycles. The molecule has 0 spiro atoms. The minimum Gasteiger partial charge on any atom is -0.480 e. The molecule has 0 aliphatic heterocycles. The number of carboxylic acid groups (broad SMARTS) is 1. The monoisotopic (exact) mass is 227 g/mol. The Bertz CT molecular complexity index is 273. The minimum absolute atomic E-state index is 0.127. The Morgan fingerprint density at radius 3 is 2.38 bits per heavy atom. The zero-order valence-electron chi connectivity index (χ0n) is 11.1. The lowest BCUT2D eigenvalue weighted by Gasteiger charge is -2.32. The van der Waals surface area contributed by atoms with Crippen molar-refractivity contribution in [2.45, 2.75) is 53.0 Å². The normalized spacial score (nSPS) is 33.2. The van der Waals surface area contributed by atoms with Gasteiger partial charge in [0.25, 0.3) is 0 Å². The van der Waals surface area contributed by atoms with Crippen molar-refractivity contribution in [3.63, 3.8) is 0 Å². The largest absolute Gasteiger partial charge is 0.480 e. The molecule has 1 aliphatic rings. The van der Waals surface area contributed by atoms with Crippen LogP contribution in [0.1, 0.15) is 47.5 Å². The lowest BCUT2D eigenvalue weighted by atomic mass is 9.86. The Balaban J connectivity index is 2.86. The molecule has 0 aromatic rings. The smallest absolute Gasteiger partial charge is 0.324 e. The molecule has 0 radical (unpaired) electrons. The van der Waals surface area contributed by atoms with Crippen LogP contribution < -0.4 is 5.32 Å². The highest BCUT2D eigenvalue weighted by Gasteiger charge is 2.53. The summed E-state index contributed by atoms with van der Waals surface area (Å²) in [6.45, 7) is 11.3. The highest BCUT2D eigenvalue weighted by Crippen LogP contribution is 2.47. The Kier molecular flexibility index (Phi) is 3.68. The zero-order chi connectivity index (χ0) is 12.6. The van der Waals surface area contributed by atoms with Crippen LogP contribution in [-0.2, 0) is 4.79 Å². The van der Waals surface area contributed by atoms with Crippen molar-refractivity contribution in [1.82, 2.24) is 5.32 Å². The Morgan fingerprint density at radius 2 is 2.06 bits per heavy atom. The molecule has 3 nitrogen and oxygen atoms in total. The molecule has 2 atom stereocenters. The highest BCUT2D eigenvalue weighted by atomic mass is 16.4. The summed E-state index contributed by atoms with van der Waals surface area (Å²) in [7, 11) is 0. The summed E-state index contributed by atoms with van der Waals surface area (Å²) in [5.41, 5.74) is -0.588. The molecule has 2 unspecified atom stereocenters. The molecule has 16 heavy (non-hydrogen) atoms. The molecular formula is C13H25NO2. The predicted molar refractivity (Wildman–Crippen MR) is 65.4 cm³/mol. The van der Waals surface area contributed by atoms with E-state index in [-0.39, 0.29) is 11.3 Å². The van der Waals surface area contributed by atoms with Crippen LogP contribution in [0.5, 0.6) is 0 Å². The summed E-state index contributed by atoms with van der Waals surface area (Å²) in [5, 5.41) is 12.8. The van der Waals surface area contributed by atoms with Gasteiger partial charge in [0.1, 0.15) is 5.54 Å². The number of carbonyl (C=O) groups is 1. The summed E-state index contributed by atoms with van der Waals surface area (Å²) in [5.74, 6) is -0.0166. The van der Waals surface area contributed by atoms with Crippen LogP contribution in [0, 0.1) is 17.3 Å². The van der Waals surface area contributed by atoms with Crippen molar-refractivity contribution in [3.05, 3.63) is 0 Å². The summed E-state index contributed by atoms with van der Waals surface area (Å²) >= 11 is 0. The van der Waals surface area contributed by atoms with Crippen molar-refractivity contribution in [2.24, 2.45) is 17.3 Å². The molecule has 0 saturated heterocycles. The summed E-state index contributed by atoms with van der Waals surface area (Å²) in [6, 6.07) is 0. The number of aliphatic carboxylic acids is 1. The fourth-order valence-electron chi connectivity index (χ4n) is 2.99. The fraction of sp³-hybridized carbons (Fsp3) is 0.923. The first-order chi connectivity index (χ1) is 7.19. The Morgan fingerprint density at radius 1 is 1.50 bits per heavy atom. The van der Waals surface area contributed by atoms with Crippen LogP contribution in [0.15, 0.2) is 0 Å². The van der Waals surface area contributed by atoms with E-state index in [9.17, 15) is 9.90 Å². The number of hydrogen-bond donors (Lipinski definition) is 2. The third kappa shape index (κ3) is 2.57. The SMILES string of the molecule is CC(C)CNC1(C(=O)O)CC(C)(C)CC1C. The molecule has 94 valence electrons. The first-order valence-corrected chi connectivity index (χ1v) is 6.18. The minimum atomic E-state index is -0.715. The maximum absolute atomic E-state index is 11.6. The molecule has 1 rings (SSSR count). The average Bonchev–Trinajstić information content (AvgIpc) is 2.33. The number of hydrogen-bond acceptors (Lipinski definition) is 2. The second kappa shape index (κ2) is 4.36. The van der Waals surface area contributed by atoms with E-state index >= 15 is 0 Å². The standard InChI is InChI=1S/C13H25NO2/c1-9(2)7-14-13(11(15)16)8-12(4,5)6-10(13)3/h9-10,14H,6-8H2,1-5H3,(H,15,16). The first kappa shape index (κ1) is 13.5. The molecule has 0 bridgehead atoms. The first-order valence-electron chi connectivity index (χ1n) is 6.18. The van der Waals surface area contributed by atoms with Crippen LogP contribution in [0.2, 0.25) is 0 Å². The van der Waals surface area contributed by atoms with Crippen molar-refractivity contribution in [2.75, 3.05) is 6.54 Å². The van der Waals surface area contributed by atoms with Crippen LogP contribution in [0.4, 0.5) is 0 Å². The van der Waals surface area contributed by atoms with Gasteiger partial charge in [0, 0.05) is 0 Å². The van der Waals surface area contributed by atoms with Gasteiger partial charge in [0.05, 0.1) is 0 Å². The van der Waals surface area contributed by atoms with Gasteiger partial charge in [-0.25, -0.2) is 0 Å². The van der Waals surface area contributed by atoms with Gasteiger partial charge in [0.2, 0.25) is 0 Å². The van der Waals surface area contributed by atoms with E-state index in [1.165, 1.54) is 0 Å². The number of carboxylic acids is 1. The van der Waals surface area contributed by atoms with Crippen LogP contribution in [0.25, 0.3) is 0 Å². The van der Waals surface area contributed by atoms with Gasteiger partial charge in [-0.05, 0) is 36.6 Å². The molecule has 2 N–H and O–H groups in total. The lowest BCUT2D eigenvalue weighted by molar-refractivity contribution is -0.146. The van der Waals surface area contributed by atoms with Crippen molar-refractivity contribution in [1.29, 1.82) is 0 Å². The van der Waals surface area contributed by atoms with E-state index < -0.39 is 11.5 Å². The van der Waals surface area contributed by atoms with Crippen LogP contribution >= 0.6 is 0 Å². The van der Waals surface area contributed by atoms with Crippen molar-refractivity contribution < 1.29 is 9.90 Å². The zero-order valence-corrected chi connectivity index (χ0v) is 11.1. The third-order valence-corrected chi connectivity index (χ3v) is 3.66. The maximum atomic E-state index is 11.6. The lowest BCUT2D eigenvalue weighted by Crippen LogP contribution is -2.55. The Labute approximate surface area is 98.6 Å². The topological polar surface area (TPSA) is 49.3 Å². The van der Waals surface area contributed by atoms with Gasteiger partial charge in [-0.3, -0.25) is 4.79 Å². The van der Waals surface area contributed by atoms with E-state index in [4.69, 9.17) is 0 Å². The molecule has 0 amide bonds. The van der Waals surface area contributed by atoms with Crippen LogP contribution in [0.3, 0.4) is 0 Å². The summed E-state index contributed by atoms with van der Waals surface area (Å²) in [6.07, 6.45) is 1.70. The summed E-state index contributed by atoms with van der Waals surface area (Å²) in [4.78, 5) is 11.6. The predicted octanol–water partition coefficient (Wildman–Crippen LogP) is 2.51. The second-order valence-corrected chi connectivity index (χ2v) is 6.50. The van der Waals surface area contributed by atoms with Gasteiger partial charge in [-0.2, -0.15) is 0 Å². The average molecular weight is 227 g/mol. The second-order valence-electron chi connectivity index (χ2n) is 6.50. The number of rotatable bonds is 4. The molecule has 1 fully saturated rings. The molecular weight excluding hydrogens is 202 g/mol. The molecule has 0 aromatic heterocycles. The van der Waals surface area contributed by atoms with Gasteiger partial charge < -0.3 is 10.4 Å².